The molecule has 0 aliphatic carbocycles. The summed E-state index contributed by atoms with van der Waals surface area (Å²) in [5.74, 6) is 0. The van der Waals surface area contributed by atoms with Crippen LogP contribution in [0.15, 0.2) is 0 Å². The second-order valence-electron chi connectivity index (χ2n) is 5.94. The molecule has 4 nitrogen and oxygen atoms in total. The van der Waals surface area contributed by atoms with Crippen LogP contribution in [0.2, 0.25) is 0 Å². The van der Waals surface area contributed by atoms with Gasteiger partial charge in [-0.25, -0.2) is 0 Å². The lowest BCUT2D eigenvalue weighted by atomic mass is 10.1. The summed E-state index contributed by atoms with van der Waals surface area (Å²) < 4.78 is 5.81. The van der Waals surface area contributed by atoms with Crippen molar-refractivity contribution in [2.75, 3.05) is 39.3 Å². The molecule has 0 aromatic heterocycles. The Morgan fingerprint density at radius 1 is 1.33 bits per heavy atom. The van der Waals surface area contributed by atoms with Crippen molar-refractivity contribution in [3.05, 3.63) is 0 Å². The summed E-state index contributed by atoms with van der Waals surface area (Å²) in [6.07, 6.45) is 4.01. The first-order valence-corrected chi connectivity index (χ1v) is 7.41. The minimum atomic E-state index is -0.222. The number of aliphatic hydroxyl groups excluding tert-OH is 1. The van der Waals surface area contributed by atoms with Gasteiger partial charge in [-0.2, -0.15) is 0 Å². The van der Waals surface area contributed by atoms with E-state index in [2.05, 4.69) is 16.7 Å². The molecule has 2 saturated heterocycles. The molecule has 0 bridgehead atoms. The number of β-amino-alcohol motifs (C(OH)–C–C–N with tert-alkyl or cyclic N) is 1. The Balaban J connectivity index is 1.73. The van der Waals surface area contributed by atoms with Crippen LogP contribution in [0.25, 0.3) is 0 Å². The van der Waals surface area contributed by atoms with Gasteiger partial charge in [0, 0.05) is 45.4 Å². The lowest BCUT2D eigenvalue weighted by Gasteiger charge is -2.41. The number of nitrogens with zero attached hydrogens (tertiary/aromatic N) is 2. The zero-order valence-electron chi connectivity index (χ0n) is 11.8. The average molecular weight is 256 g/mol. The molecule has 2 heterocycles. The number of rotatable bonds is 4. The average Bonchev–Trinajstić information content (AvgIpc) is 2.33. The van der Waals surface area contributed by atoms with Gasteiger partial charge in [0.15, 0.2) is 0 Å². The molecule has 106 valence electrons. The SMILES string of the molecule is C[C@H](O)CN1CCN(C[C@@H]2CCCCO2)C[C@H]1C. The lowest BCUT2D eigenvalue weighted by Crippen LogP contribution is -2.55. The van der Waals surface area contributed by atoms with Gasteiger partial charge in [0.25, 0.3) is 0 Å². The summed E-state index contributed by atoms with van der Waals surface area (Å²) in [5.41, 5.74) is 0. The van der Waals surface area contributed by atoms with E-state index in [0.717, 1.165) is 39.3 Å². The third kappa shape index (κ3) is 4.19. The highest BCUT2D eigenvalue weighted by atomic mass is 16.5. The monoisotopic (exact) mass is 256 g/mol. The molecule has 0 unspecified atom stereocenters. The molecule has 1 N–H and O–H groups in total. The summed E-state index contributed by atoms with van der Waals surface area (Å²) >= 11 is 0. The summed E-state index contributed by atoms with van der Waals surface area (Å²) in [5, 5.41) is 9.47. The molecule has 0 aromatic rings. The van der Waals surface area contributed by atoms with Gasteiger partial charge in [-0.05, 0) is 33.1 Å². The molecular formula is C14H28N2O2. The van der Waals surface area contributed by atoms with Crippen molar-refractivity contribution in [1.29, 1.82) is 0 Å². The Labute approximate surface area is 111 Å². The molecule has 0 radical (unpaired) electrons. The van der Waals surface area contributed by atoms with E-state index < -0.39 is 0 Å². The molecule has 2 aliphatic heterocycles. The number of piperazine rings is 1. The Kier molecular flexibility index (Phi) is 5.42. The van der Waals surface area contributed by atoms with Crippen LogP contribution < -0.4 is 0 Å². The minimum absolute atomic E-state index is 0.222. The van der Waals surface area contributed by atoms with Crippen molar-refractivity contribution in [1.82, 2.24) is 9.80 Å². The zero-order chi connectivity index (χ0) is 13.0. The zero-order valence-corrected chi connectivity index (χ0v) is 11.8. The van der Waals surface area contributed by atoms with Crippen LogP contribution in [0, 0.1) is 0 Å². The van der Waals surface area contributed by atoms with Gasteiger partial charge in [-0.15, -0.1) is 0 Å². The molecule has 0 saturated carbocycles. The highest BCUT2D eigenvalue weighted by Gasteiger charge is 2.26. The van der Waals surface area contributed by atoms with Gasteiger partial charge in [-0.3, -0.25) is 9.80 Å². The van der Waals surface area contributed by atoms with Crippen LogP contribution in [0.1, 0.15) is 33.1 Å². The predicted molar refractivity (Wildman–Crippen MR) is 72.7 cm³/mol. The standard InChI is InChI=1S/C14H28N2O2/c1-12-9-15(6-7-16(12)10-13(2)17)11-14-5-3-4-8-18-14/h12-14,17H,3-11H2,1-2H3/t12-,13+,14+/m1/s1. The first kappa shape index (κ1) is 14.3. The molecule has 3 atom stereocenters. The molecule has 2 fully saturated rings. The van der Waals surface area contributed by atoms with Gasteiger partial charge in [0.1, 0.15) is 0 Å². The topological polar surface area (TPSA) is 35.9 Å². The van der Waals surface area contributed by atoms with Crippen molar-refractivity contribution in [3.8, 4) is 0 Å². The molecule has 2 rings (SSSR count). The molecular weight excluding hydrogens is 228 g/mol. The fraction of sp³-hybridized carbons (Fsp3) is 1.00. The largest absolute Gasteiger partial charge is 0.392 e. The quantitative estimate of drug-likeness (QED) is 0.812. The third-order valence-corrected chi connectivity index (χ3v) is 4.08. The first-order chi connectivity index (χ1) is 8.65. The highest BCUT2D eigenvalue weighted by Crippen LogP contribution is 2.16. The molecule has 0 aromatic carbocycles. The van der Waals surface area contributed by atoms with Gasteiger partial charge >= 0.3 is 0 Å². The van der Waals surface area contributed by atoms with E-state index in [0.29, 0.717) is 12.1 Å². The second kappa shape index (κ2) is 6.85. The number of hydrogen-bond acceptors (Lipinski definition) is 4. The molecule has 4 heteroatoms. The maximum atomic E-state index is 9.47. The van der Waals surface area contributed by atoms with E-state index >= 15 is 0 Å². The number of ether oxygens (including phenoxy) is 1. The van der Waals surface area contributed by atoms with E-state index in [9.17, 15) is 5.11 Å². The van der Waals surface area contributed by atoms with Crippen LogP contribution >= 0.6 is 0 Å². The van der Waals surface area contributed by atoms with Crippen molar-refractivity contribution in [2.24, 2.45) is 0 Å². The molecule has 0 amide bonds. The summed E-state index contributed by atoms with van der Waals surface area (Å²) in [4.78, 5) is 4.92. The third-order valence-electron chi connectivity index (χ3n) is 4.08. The lowest BCUT2D eigenvalue weighted by molar-refractivity contribution is -0.0250. The van der Waals surface area contributed by atoms with E-state index in [1.165, 1.54) is 19.3 Å². The van der Waals surface area contributed by atoms with Crippen LogP contribution in [-0.4, -0.2) is 72.5 Å². The molecule has 18 heavy (non-hydrogen) atoms. The Morgan fingerprint density at radius 3 is 2.78 bits per heavy atom. The van der Waals surface area contributed by atoms with Crippen LogP contribution in [0.3, 0.4) is 0 Å². The van der Waals surface area contributed by atoms with E-state index in [-0.39, 0.29) is 6.10 Å². The van der Waals surface area contributed by atoms with Crippen molar-refractivity contribution >= 4 is 0 Å². The van der Waals surface area contributed by atoms with Crippen molar-refractivity contribution in [2.45, 2.75) is 51.4 Å². The Morgan fingerprint density at radius 2 is 2.17 bits per heavy atom. The maximum absolute atomic E-state index is 9.47. The van der Waals surface area contributed by atoms with Gasteiger partial charge in [-0.1, -0.05) is 0 Å². The van der Waals surface area contributed by atoms with Crippen LogP contribution in [0.5, 0.6) is 0 Å². The van der Waals surface area contributed by atoms with Crippen molar-refractivity contribution < 1.29 is 9.84 Å². The Hall–Kier alpha value is -0.160. The highest BCUT2D eigenvalue weighted by molar-refractivity contribution is 4.82. The summed E-state index contributed by atoms with van der Waals surface area (Å²) in [6.45, 7) is 10.2. The fourth-order valence-corrected chi connectivity index (χ4v) is 3.09. The fourth-order valence-electron chi connectivity index (χ4n) is 3.09. The normalized spacial score (nSPS) is 33.5. The number of hydrogen-bond donors (Lipinski definition) is 1. The first-order valence-electron chi connectivity index (χ1n) is 7.41. The van der Waals surface area contributed by atoms with Gasteiger partial charge in [0.05, 0.1) is 12.2 Å². The summed E-state index contributed by atoms with van der Waals surface area (Å²) in [6, 6.07) is 0.539. The second-order valence-corrected chi connectivity index (χ2v) is 5.94. The predicted octanol–water partition coefficient (Wildman–Crippen LogP) is 0.942. The molecule has 0 spiro atoms. The van der Waals surface area contributed by atoms with Gasteiger partial charge in [0.2, 0.25) is 0 Å². The van der Waals surface area contributed by atoms with Gasteiger partial charge < -0.3 is 9.84 Å². The minimum Gasteiger partial charge on any atom is -0.392 e. The van der Waals surface area contributed by atoms with E-state index in [4.69, 9.17) is 4.74 Å². The van der Waals surface area contributed by atoms with E-state index in [1.807, 2.05) is 6.92 Å². The number of aliphatic hydroxyl groups is 1. The van der Waals surface area contributed by atoms with E-state index in [1.54, 1.807) is 0 Å². The van der Waals surface area contributed by atoms with Crippen LogP contribution in [-0.2, 0) is 4.74 Å². The molecule has 2 aliphatic rings. The maximum Gasteiger partial charge on any atom is 0.0702 e. The van der Waals surface area contributed by atoms with Crippen LogP contribution in [0.4, 0.5) is 0 Å². The summed E-state index contributed by atoms with van der Waals surface area (Å²) in [7, 11) is 0. The Bertz CT molecular complexity index is 242. The van der Waals surface area contributed by atoms with Crippen molar-refractivity contribution in [3.63, 3.8) is 0 Å². The smallest absolute Gasteiger partial charge is 0.0702 e.